The van der Waals surface area contributed by atoms with E-state index in [1.54, 1.807) is 20.0 Å². The van der Waals surface area contributed by atoms with Crippen molar-refractivity contribution in [2.75, 3.05) is 6.54 Å². The maximum absolute atomic E-state index is 11.6. The molecule has 0 saturated carbocycles. The quantitative estimate of drug-likeness (QED) is 0.832. The summed E-state index contributed by atoms with van der Waals surface area (Å²) in [7, 11) is 1.65. The number of rotatable bonds is 4. The first-order valence-electron chi connectivity index (χ1n) is 6.09. The lowest BCUT2D eigenvalue weighted by Crippen LogP contribution is -2.32. The number of amides is 1. The molecule has 0 fully saturated rings. The molecule has 0 bridgehead atoms. The van der Waals surface area contributed by atoms with Crippen molar-refractivity contribution >= 4 is 17.0 Å². The number of aromatic nitrogens is 1. The van der Waals surface area contributed by atoms with Gasteiger partial charge in [0.2, 0.25) is 5.91 Å². The molecule has 0 saturated heterocycles. The van der Waals surface area contributed by atoms with E-state index in [0.29, 0.717) is 24.2 Å². The Morgan fingerprint density at radius 2 is 2.26 bits per heavy atom. The topological polar surface area (TPSA) is 90.3 Å². The normalized spacial score (nSPS) is 12.6. The third-order valence-electron chi connectivity index (χ3n) is 3.12. The molecule has 102 valence electrons. The molecule has 0 radical (unpaired) electrons. The summed E-state index contributed by atoms with van der Waals surface area (Å²) in [4.78, 5) is 23.0. The van der Waals surface area contributed by atoms with E-state index in [1.807, 2.05) is 12.1 Å². The number of benzene rings is 1. The third-order valence-corrected chi connectivity index (χ3v) is 3.12. The predicted octanol–water partition coefficient (Wildman–Crippen LogP) is 0.343. The van der Waals surface area contributed by atoms with Crippen molar-refractivity contribution in [1.29, 1.82) is 0 Å². The molecule has 1 heterocycles. The Labute approximate surface area is 110 Å². The van der Waals surface area contributed by atoms with Crippen LogP contribution in [0.2, 0.25) is 0 Å². The summed E-state index contributed by atoms with van der Waals surface area (Å²) in [6.07, 6.45) is 0. The summed E-state index contributed by atoms with van der Waals surface area (Å²) >= 11 is 0. The molecule has 6 heteroatoms. The number of hydrogen-bond donors (Lipinski definition) is 2. The fraction of sp³-hybridized carbons (Fsp3) is 0.385. The summed E-state index contributed by atoms with van der Waals surface area (Å²) in [5.41, 5.74) is 7.58. The van der Waals surface area contributed by atoms with Crippen molar-refractivity contribution in [1.82, 2.24) is 9.88 Å². The minimum Gasteiger partial charge on any atom is -0.408 e. The monoisotopic (exact) mass is 263 g/mol. The molecule has 19 heavy (non-hydrogen) atoms. The Bertz CT molecular complexity index is 657. The van der Waals surface area contributed by atoms with Gasteiger partial charge in [-0.2, -0.15) is 0 Å². The van der Waals surface area contributed by atoms with Gasteiger partial charge in [-0.25, -0.2) is 4.79 Å². The highest BCUT2D eigenvalue weighted by Gasteiger charge is 2.11. The van der Waals surface area contributed by atoms with Gasteiger partial charge in [0, 0.05) is 26.1 Å². The highest BCUT2D eigenvalue weighted by Crippen LogP contribution is 2.14. The molecule has 1 aromatic carbocycles. The van der Waals surface area contributed by atoms with E-state index in [0.717, 1.165) is 5.56 Å². The van der Waals surface area contributed by atoms with Crippen LogP contribution in [0.25, 0.3) is 11.1 Å². The number of oxazole rings is 1. The van der Waals surface area contributed by atoms with Crippen LogP contribution in [0.15, 0.2) is 27.4 Å². The maximum atomic E-state index is 11.6. The molecule has 1 amide bonds. The average Bonchev–Trinajstić information content (AvgIpc) is 2.70. The van der Waals surface area contributed by atoms with E-state index in [9.17, 15) is 9.59 Å². The third kappa shape index (κ3) is 2.68. The van der Waals surface area contributed by atoms with Crippen molar-refractivity contribution < 1.29 is 9.21 Å². The van der Waals surface area contributed by atoms with Crippen LogP contribution in [-0.2, 0) is 18.4 Å². The van der Waals surface area contributed by atoms with Crippen molar-refractivity contribution in [3.05, 3.63) is 34.3 Å². The maximum Gasteiger partial charge on any atom is 0.419 e. The van der Waals surface area contributed by atoms with E-state index in [-0.39, 0.29) is 11.8 Å². The molecule has 0 aliphatic carbocycles. The lowest BCUT2D eigenvalue weighted by Gasteiger charge is -2.09. The van der Waals surface area contributed by atoms with Gasteiger partial charge in [-0.05, 0) is 17.7 Å². The minimum atomic E-state index is -0.395. The van der Waals surface area contributed by atoms with Crippen LogP contribution in [0.4, 0.5) is 0 Å². The van der Waals surface area contributed by atoms with Crippen LogP contribution in [-0.4, -0.2) is 17.0 Å². The average molecular weight is 263 g/mol. The Kier molecular flexibility index (Phi) is 3.71. The second-order valence-corrected chi connectivity index (χ2v) is 4.58. The van der Waals surface area contributed by atoms with Crippen LogP contribution in [0, 0.1) is 5.92 Å². The predicted molar refractivity (Wildman–Crippen MR) is 71.5 cm³/mol. The number of carbonyl (C=O) groups excluding carboxylic acids is 1. The van der Waals surface area contributed by atoms with Crippen molar-refractivity contribution in [2.45, 2.75) is 13.5 Å². The van der Waals surface area contributed by atoms with E-state index < -0.39 is 5.76 Å². The van der Waals surface area contributed by atoms with Crippen LogP contribution in [0.1, 0.15) is 12.5 Å². The summed E-state index contributed by atoms with van der Waals surface area (Å²) in [5, 5.41) is 2.80. The Morgan fingerprint density at radius 3 is 2.95 bits per heavy atom. The van der Waals surface area contributed by atoms with Crippen LogP contribution >= 0.6 is 0 Å². The van der Waals surface area contributed by atoms with Gasteiger partial charge in [0.15, 0.2) is 5.58 Å². The van der Waals surface area contributed by atoms with Crippen LogP contribution < -0.4 is 16.8 Å². The Morgan fingerprint density at radius 1 is 1.53 bits per heavy atom. The second-order valence-electron chi connectivity index (χ2n) is 4.58. The molecule has 3 N–H and O–H groups in total. The van der Waals surface area contributed by atoms with Crippen LogP contribution in [0.5, 0.6) is 0 Å². The molecule has 1 unspecified atom stereocenters. The summed E-state index contributed by atoms with van der Waals surface area (Å²) in [6, 6.07) is 5.37. The minimum absolute atomic E-state index is 0.0799. The number of carbonyl (C=O) groups is 1. The Hall–Kier alpha value is -2.08. The van der Waals surface area contributed by atoms with Gasteiger partial charge in [0.25, 0.3) is 0 Å². The van der Waals surface area contributed by atoms with E-state index >= 15 is 0 Å². The van der Waals surface area contributed by atoms with Gasteiger partial charge >= 0.3 is 5.76 Å². The van der Waals surface area contributed by atoms with Gasteiger partial charge in [-0.3, -0.25) is 9.36 Å². The molecular weight excluding hydrogens is 246 g/mol. The van der Waals surface area contributed by atoms with Gasteiger partial charge in [0.1, 0.15) is 0 Å². The first-order valence-corrected chi connectivity index (χ1v) is 6.09. The molecule has 6 nitrogen and oxygen atoms in total. The van der Waals surface area contributed by atoms with Crippen molar-refractivity contribution in [3.63, 3.8) is 0 Å². The fourth-order valence-corrected chi connectivity index (χ4v) is 1.75. The smallest absolute Gasteiger partial charge is 0.408 e. The van der Waals surface area contributed by atoms with Gasteiger partial charge in [-0.1, -0.05) is 13.0 Å². The summed E-state index contributed by atoms with van der Waals surface area (Å²) < 4.78 is 6.47. The van der Waals surface area contributed by atoms with Crippen molar-refractivity contribution in [2.24, 2.45) is 18.7 Å². The standard InChI is InChI=1S/C13H17N3O3/c1-8(6-14)12(17)15-7-9-3-4-11-10(5-9)16(2)13(18)19-11/h3-5,8H,6-7,14H2,1-2H3,(H,15,17). The number of nitrogens with two attached hydrogens (primary N) is 1. The number of nitrogens with one attached hydrogen (secondary N) is 1. The van der Waals surface area contributed by atoms with Gasteiger partial charge in [0.05, 0.1) is 5.52 Å². The van der Waals surface area contributed by atoms with E-state index in [4.69, 9.17) is 10.2 Å². The molecule has 2 aromatic rings. The molecule has 1 aromatic heterocycles. The van der Waals surface area contributed by atoms with Crippen molar-refractivity contribution in [3.8, 4) is 0 Å². The van der Waals surface area contributed by atoms with Crippen LogP contribution in [0.3, 0.4) is 0 Å². The molecule has 0 aliphatic rings. The first-order chi connectivity index (χ1) is 9.02. The highest BCUT2D eigenvalue weighted by atomic mass is 16.4. The number of aryl methyl sites for hydroxylation is 1. The van der Waals surface area contributed by atoms with Gasteiger partial charge in [-0.15, -0.1) is 0 Å². The van der Waals surface area contributed by atoms with E-state index in [2.05, 4.69) is 5.32 Å². The largest absolute Gasteiger partial charge is 0.419 e. The summed E-state index contributed by atoms with van der Waals surface area (Å²) in [6.45, 7) is 2.50. The number of fused-ring (bicyclic) bond motifs is 1. The molecule has 0 aliphatic heterocycles. The zero-order valence-electron chi connectivity index (χ0n) is 11.0. The first kappa shape index (κ1) is 13.4. The number of hydrogen-bond acceptors (Lipinski definition) is 4. The highest BCUT2D eigenvalue weighted by molar-refractivity contribution is 5.79. The molecule has 0 spiro atoms. The van der Waals surface area contributed by atoms with E-state index in [1.165, 1.54) is 4.57 Å². The SMILES string of the molecule is CC(CN)C(=O)NCc1ccc2oc(=O)n(C)c2c1. The lowest BCUT2D eigenvalue weighted by molar-refractivity contribution is -0.124. The lowest BCUT2D eigenvalue weighted by atomic mass is 10.1. The molecule has 2 rings (SSSR count). The zero-order valence-corrected chi connectivity index (χ0v) is 11.0. The van der Waals surface area contributed by atoms with Gasteiger partial charge < -0.3 is 15.5 Å². The Balaban J connectivity index is 2.16. The fourth-order valence-electron chi connectivity index (χ4n) is 1.75. The molecular formula is C13H17N3O3. The summed E-state index contributed by atoms with van der Waals surface area (Å²) in [5.74, 6) is -0.682. The number of nitrogens with zero attached hydrogens (tertiary/aromatic N) is 1. The molecule has 1 atom stereocenters. The zero-order chi connectivity index (χ0) is 14.0. The second kappa shape index (κ2) is 5.27.